The minimum atomic E-state index is -0.716. The summed E-state index contributed by atoms with van der Waals surface area (Å²) < 4.78 is 20.8. The molecule has 0 bridgehead atoms. The molecule has 0 radical (unpaired) electrons. The van der Waals surface area contributed by atoms with E-state index in [1.807, 2.05) is 20.8 Å². The van der Waals surface area contributed by atoms with Crippen LogP contribution in [-0.4, -0.2) is 50.2 Å². The van der Waals surface area contributed by atoms with Crippen LogP contribution in [0.5, 0.6) is 11.5 Å². The number of carbonyl (C=O) groups excluding carboxylic acids is 4. The van der Waals surface area contributed by atoms with Crippen LogP contribution in [-0.2, 0) is 35.1 Å². The van der Waals surface area contributed by atoms with Crippen molar-refractivity contribution in [2.75, 3.05) is 20.3 Å². The number of rotatable bonds is 16. The van der Waals surface area contributed by atoms with E-state index < -0.39 is 23.9 Å². The van der Waals surface area contributed by atoms with Crippen molar-refractivity contribution in [1.82, 2.24) is 5.32 Å². The number of hydrogen-bond acceptors (Lipinski definition) is 9. The number of esters is 4. The van der Waals surface area contributed by atoms with Crippen LogP contribution in [0.15, 0.2) is 18.2 Å². The number of methoxy groups -OCH3 is 1. The molecule has 0 aliphatic rings. The molecule has 0 aromatic heterocycles. The summed E-state index contributed by atoms with van der Waals surface area (Å²) >= 11 is 0. The zero-order valence-electron chi connectivity index (χ0n) is 20.6. The van der Waals surface area contributed by atoms with Gasteiger partial charge in [0.1, 0.15) is 12.6 Å². The predicted octanol–water partition coefficient (Wildman–Crippen LogP) is 3.50. The molecule has 0 saturated heterocycles. The summed E-state index contributed by atoms with van der Waals surface area (Å²) in [6, 6.07) is 4.09. The van der Waals surface area contributed by atoms with Gasteiger partial charge in [-0.15, -0.1) is 0 Å². The van der Waals surface area contributed by atoms with Crippen molar-refractivity contribution >= 4 is 23.9 Å². The fourth-order valence-electron chi connectivity index (χ4n) is 3.01. The highest BCUT2D eigenvalue weighted by Crippen LogP contribution is 2.30. The summed E-state index contributed by atoms with van der Waals surface area (Å²) in [6.45, 7) is 6.10. The molecule has 34 heavy (non-hydrogen) atoms. The molecule has 0 fully saturated rings. The first kappa shape index (κ1) is 29.1. The summed E-state index contributed by atoms with van der Waals surface area (Å²) in [7, 11) is 1.29. The molecule has 0 amide bonds. The summed E-state index contributed by atoms with van der Waals surface area (Å²) in [4.78, 5) is 47.9. The number of carbonyl (C=O) groups is 4. The van der Waals surface area contributed by atoms with E-state index in [1.54, 1.807) is 18.2 Å². The molecule has 190 valence electrons. The zero-order valence-corrected chi connectivity index (χ0v) is 20.6. The molecule has 9 heteroatoms. The highest BCUT2D eigenvalue weighted by molar-refractivity contribution is 5.77. The second-order valence-electron chi connectivity index (χ2n) is 7.79. The Morgan fingerprint density at radius 2 is 1.50 bits per heavy atom. The normalized spacial score (nSPS) is 11.4. The van der Waals surface area contributed by atoms with Gasteiger partial charge in [0.25, 0.3) is 0 Å². The van der Waals surface area contributed by atoms with Gasteiger partial charge in [-0.25, -0.2) is 0 Å². The van der Waals surface area contributed by atoms with Crippen molar-refractivity contribution in [3.05, 3.63) is 23.8 Å². The van der Waals surface area contributed by atoms with Gasteiger partial charge in [0.15, 0.2) is 11.5 Å². The van der Waals surface area contributed by atoms with Gasteiger partial charge in [0.2, 0.25) is 0 Å². The molecule has 1 aromatic rings. The SMILES string of the molecule is CCCCC(=O)OCCN[C@@H](Cc1ccc(OC(=O)CCC)c(OC(=O)CCC)c1)C(=O)OC. The van der Waals surface area contributed by atoms with Crippen LogP contribution in [0.1, 0.15) is 71.3 Å². The number of ether oxygens (including phenoxy) is 4. The average Bonchev–Trinajstić information content (AvgIpc) is 2.81. The van der Waals surface area contributed by atoms with Crippen LogP contribution in [0.4, 0.5) is 0 Å². The van der Waals surface area contributed by atoms with Crippen LogP contribution in [0.3, 0.4) is 0 Å². The third-order valence-electron chi connectivity index (χ3n) is 4.78. The Balaban J connectivity index is 2.90. The van der Waals surface area contributed by atoms with E-state index in [2.05, 4.69) is 5.32 Å². The Bertz CT molecular complexity index is 808. The molecule has 0 aliphatic heterocycles. The first-order chi connectivity index (χ1) is 16.3. The molecule has 0 heterocycles. The van der Waals surface area contributed by atoms with Gasteiger partial charge in [-0.3, -0.25) is 19.2 Å². The first-order valence-electron chi connectivity index (χ1n) is 11.9. The van der Waals surface area contributed by atoms with Crippen molar-refractivity contribution in [3.8, 4) is 11.5 Å². The van der Waals surface area contributed by atoms with E-state index in [9.17, 15) is 19.2 Å². The third kappa shape index (κ3) is 11.3. The smallest absolute Gasteiger partial charge is 0.323 e. The Morgan fingerprint density at radius 3 is 2.09 bits per heavy atom. The van der Waals surface area contributed by atoms with E-state index in [0.717, 1.165) is 12.8 Å². The molecule has 9 nitrogen and oxygen atoms in total. The van der Waals surface area contributed by atoms with Crippen LogP contribution >= 0.6 is 0 Å². The second kappa shape index (κ2) is 16.6. The minimum Gasteiger partial charge on any atom is -0.468 e. The maximum absolute atomic E-state index is 12.3. The molecular weight excluding hydrogens is 442 g/mol. The molecule has 1 aromatic carbocycles. The van der Waals surface area contributed by atoms with E-state index in [-0.39, 0.29) is 49.9 Å². The van der Waals surface area contributed by atoms with Crippen LogP contribution < -0.4 is 14.8 Å². The van der Waals surface area contributed by atoms with Gasteiger partial charge in [-0.2, -0.15) is 0 Å². The molecule has 1 atom stereocenters. The molecule has 0 aliphatic carbocycles. The Morgan fingerprint density at radius 1 is 0.853 bits per heavy atom. The number of hydrogen-bond donors (Lipinski definition) is 1. The molecule has 0 unspecified atom stereocenters. The zero-order chi connectivity index (χ0) is 25.3. The lowest BCUT2D eigenvalue weighted by Gasteiger charge is -2.18. The number of benzene rings is 1. The van der Waals surface area contributed by atoms with Crippen LogP contribution in [0.25, 0.3) is 0 Å². The van der Waals surface area contributed by atoms with Crippen LogP contribution in [0.2, 0.25) is 0 Å². The molecule has 0 spiro atoms. The number of nitrogens with one attached hydrogen (secondary N) is 1. The minimum absolute atomic E-state index is 0.119. The monoisotopic (exact) mass is 479 g/mol. The van der Waals surface area contributed by atoms with Gasteiger partial charge in [0.05, 0.1) is 7.11 Å². The van der Waals surface area contributed by atoms with E-state index >= 15 is 0 Å². The summed E-state index contributed by atoms with van der Waals surface area (Å²) in [5.74, 6) is -1.36. The highest BCUT2D eigenvalue weighted by atomic mass is 16.6. The van der Waals surface area contributed by atoms with Gasteiger partial charge in [0, 0.05) is 25.8 Å². The van der Waals surface area contributed by atoms with Crippen molar-refractivity contribution < 1.29 is 38.1 Å². The van der Waals surface area contributed by atoms with E-state index in [1.165, 1.54) is 7.11 Å². The van der Waals surface area contributed by atoms with Crippen molar-refractivity contribution in [2.45, 2.75) is 78.2 Å². The fourth-order valence-corrected chi connectivity index (χ4v) is 3.01. The molecule has 1 rings (SSSR count). The highest BCUT2D eigenvalue weighted by Gasteiger charge is 2.21. The second-order valence-corrected chi connectivity index (χ2v) is 7.79. The third-order valence-corrected chi connectivity index (χ3v) is 4.78. The number of unbranched alkanes of at least 4 members (excludes halogenated alkanes) is 1. The fraction of sp³-hybridized carbons (Fsp3) is 0.600. The average molecular weight is 480 g/mol. The Hall–Kier alpha value is -2.94. The largest absolute Gasteiger partial charge is 0.468 e. The van der Waals surface area contributed by atoms with Crippen molar-refractivity contribution in [3.63, 3.8) is 0 Å². The maximum atomic E-state index is 12.3. The molecule has 0 saturated carbocycles. The summed E-state index contributed by atoms with van der Waals surface area (Å²) in [6.07, 6.45) is 3.96. The molecular formula is C25H37NO8. The maximum Gasteiger partial charge on any atom is 0.323 e. The van der Waals surface area contributed by atoms with Gasteiger partial charge < -0.3 is 24.3 Å². The quantitative estimate of drug-likeness (QED) is 0.216. The standard InChI is InChI=1S/C25H37NO8/c1-5-8-11-22(27)32-15-14-26-19(25(30)31-4)16-18-12-13-20(33-23(28)9-6-2)21(17-18)34-24(29)10-7-3/h12-13,17,19,26H,5-11,14-16H2,1-4H3/t19-/m0/s1. The Labute approximate surface area is 201 Å². The first-order valence-corrected chi connectivity index (χ1v) is 11.9. The lowest BCUT2D eigenvalue weighted by atomic mass is 10.1. The summed E-state index contributed by atoms with van der Waals surface area (Å²) in [5, 5.41) is 3.03. The molecule has 1 N–H and O–H groups in total. The van der Waals surface area contributed by atoms with E-state index in [4.69, 9.17) is 18.9 Å². The lowest BCUT2D eigenvalue weighted by molar-refractivity contribution is -0.144. The van der Waals surface area contributed by atoms with E-state index in [0.29, 0.717) is 24.8 Å². The lowest BCUT2D eigenvalue weighted by Crippen LogP contribution is -2.41. The van der Waals surface area contributed by atoms with Gasteiger partial charge in [-0.05, 0) is 43.4 Å². The van der Waals surface area contributed by atoms with Gasteiger partial charge in [-0.1, -0.05) is 33.3 Å². The Kier molecular flexibility index (Phi) is 14.2. The summed E-state index contributed by atoms with van der Waals surface area (Å²) in [5.41, 5.74) is 0.664. The van der Waals surface area contributed by atoms with Gasteiger partial charge >= 0.3 is 23.9 Å². The van der Waals surface area contributed by atoms with Crippen molar-refractivity contribution in [1.29, 1.82) is 0 Å². The predicted molar refractivity (Wildman–Crippen MR) is 126 cm³/mol. The topological polar surface area (TPSA) is 117 Å². The van der Waals surface area contributed by atoms with Crippen molar-refractivity contribution in [2.24, 2.45) is 0 Å². The van der Waals surface area contributed by atoms with Crippen LogP contribution in [0, 0.1) is 0 Å².